The number of amides is 1. The van der Waals surface area contributed by atoms with Crippen molar-refractivity contribution in [3.05, 3.63) is 87.4 Å². The third kappa shape index (κ3) is 7.70. The first-order valence-corrected chi connectivity index (χ1v) is 11.1. The predicted octanol–water partition coefficient (Wildman–Crippen LogP) is 6.27. The standard InChI is InChI=1S/C25H24Cl2N2O4/c1-3-31-24-12-18(6-11-23(24)32-15-19-7-8-20(26)13-22(19)27)14-28-33-16-25(30)29-21-9-4-17(2)5-10-21/h4-14H,3,15-16H2,1-2H3,(H,29,30)/b28-14+. The number of hydrogen-bond acceptors (Lipinski definition) is 5. The fourth-order valence-corrected chi connectivity index (χ4v) is 3.28. The zero-order chi connectivity index (χ0) is 23.6. The first kappa shape index (κ1) is 24.4. The van der Waals surface area contributed by atoms with Crippen LogP contribution in [0.3, 0.4) is 0 Å². The van der Waals surface area contributed by atoms with Gasteiger partial charge < -0.3 is 19.6 Å². The number of anilines is 1. The fraction of sp³-hybridized carbons (Fsp3) is 0.200. The molecular formula is C25H24Cl2N2O4. The van der Waals surface area contributed by atoms with Gasteiger partial charge in [0.25, 0.3) is 5.91 Å². The lowest BCUT2D eigenvalue weighted by molar-refractivity contribution is -0.120. The number of benzene rings is 3. The Morgan fingerprint density at radius 1 is 1.00 bits per heavy atom. The van der Waals surface area contributed by atoms with Crippen molar-refractivity contribution in [1.29, 1.82) is 0 Å². The average Bonchev–Trinajstić information content (AvgIpc) is 2.79. The van der Waals surface area contributed by atoms with E-state index in [0.29, 0.717) is 33.8 Å². The monoisotopic (exact) mass is 486 g/mol. The summed E-state index contributed by atoms with van der Waals surface area (Å²) in [5, 5.41) is 7.72. The molecule has 172 valence electrons. The zero-order valence-corrected chi connectivity index (χ0v) is 19.8. The molecular weight excluding hydrogens is 463 g/mol. The summed E-state index contributed by atoms with van der Waals surface area (Å²) in [5.74, 6) is 0.831. The minimum absolute atomic E-state index is 0.203. The maximum Gasteiger partial charge on any atom is 0.265 e. The normalized spacial score (nSPS) is 10.8. The summed E-state index contributed by atoms with van der Waals surface area (Å²) in [5.41, 5.74) is 3.36. The van der Waals surface area contributed by atoms with Gasteiger partial charge in [0.2, 0.25) is 0 Å². The molecule has 33 heavy (non-hydrogen) atoms. The van der Waals surface area contributed by atoms with E-state index in [2.05, 4.69) is 10.5 Å². The van der Waals surface area contributed by atoms with E-state index >= 15 is 0 Å². The number of ether oxygens (including phenoxy) is 2. The van der Waals surface area contributed by atoms with Gasteiger partial charge in [0, 0.05) is 26.9 Å². The third-order valence-electron chi connectivity index (χ3n) is 4.47. The van der Waals surface area contributed by atoms with E-state index in [1.807, 2.05) is 44.2 Å². The van der Waals surface area contributed by atoms with Crippen LogP contribution in [-0.4, -0.2) is 25.3 Å². The second-order valence-electron chi connectivity index (χ2n) is 7.09. The lowest BCUT2D eigenvalue weighted by atomic mass is 10.2. The summed E-state index contributed by atoms with van der Waals surface area (Å²) in [4.78, 5) is 17.1. The number of oxime groups is 1. The molecule has 0 aliphatic carbocycles. The number of carbonyl (C=O) groups is 1. The van der Waals surface area contributed by atoms with Crippen LogP contribution in [0.2, 0.25) is 10.0 Å². The van der Waals surface area contributed by atoms with Crippen molar-refractivity contribution in [2.45, 2.75) is 20.5 Å². The highest BCUT2D eigenvalue weighted by atomic mass is 35.5. The van der Waals surface area contributed by atoms with Gasteiger partial charge in [-0.3, -0.25) is 4.79 Å². The van der Waals surface area contributed by atoms with Crippen LogP contribution in [0.25, 0.3) is 0 Å². The van der Waals surface area contributed by atoms with Gasteiger partial charge in [-0.25, -0.2) is 0 Å². The van der Waals surface area contributed by atoms with Crippen molar-refractivity contribution in [3.8, 4) is 11.5 Å². The molecule has 0 atom stereocenters. The van der Waals surface area contributed by atoms with E-state index < -0.39 is 0 Å². The Morgan fingerprint density at radius 2 is 1.79 bits per heavy atom. The molecule has 0 saturated carbocycles. The zero-order valence-electron chi connectivity index (χ0n) is 18.3. The minimum Gasteiger partial charge on any atom is -0.490 e. The van der Waals surface area contributed by atoms with Gasteiger partial charge >= 0.3 is 0 Å². The van der Waals surface area contributed by atoms with E-state index in [-0.39, 0.29) is 19.1 Å². The molecule has 0 aliphatic heterocycles. The van der Waals surface area contributed by atoms with Gasteiger partial charge in [-0.05, 0) is 56.3 Å². The van der Waals surface area contributed by atoms with Gasteiger partial charge in [-0.1, -0.05) is 52.1 Å². The van der Waals surface area contributed by atoms with Gasteiger partial charge in [-0.15, -0.1) is 0 Å². The molecule has 0 radical (unpaired) electrons. The molecule has 0 aliphatic rings. The number of rotatable bonds is 10. The van der Waals surface area contributed by atoms with E-state index in [0.717, 1.165) is 16.7 Å². The van der Waals surface area contributed by atoms with Crippen molar-refractivity contribution in [2.75, 3.05) is 18.5 Å². The Morgan fingerprint density at radius 3 is 2.52 bits per heavy atom. The Kier molecular flexibility index (Phi) is 8.98. The van der Waals surface area contributed by atoms with Crippen LogP contribution < -0.4 is 14.8 Å². The summed E-state index contributed by atoms with van der Waals surface area (Å²) >= 11 is 12.1. The maximum absolute atomic E-state index is 12.0. The predicted molar refractivity (Wildman–Crippen MR) is 132 cm³/mol. The topological polar surface area (TPSA) is 69.2 Å². The molecule has 0 unspecified atom stereocenters. The molecule has 0 aromatic heterocycles. The largest absolute Gasteiger partial charge is 0.490 e. The van der Waals surface area contributed by atoms with Crippen molar-refractivity contribution in [3.63, 3.8) is 0 Å². The van der Waals surface area contributed by atoms with Gasteiger partial charge in [0.05, 0.1) is 12.8 Å². The maximum atomic E-state index is 12.0. The molecule has 1 N–H and O–H groups in total. The Balaban J connectivity index is 1.55. The van der Waals surface area contributed by atoms with E-state index in [1.54, 1.807) is 30.3 Å². The molecule has 0 heterocycles. The molecule has 3 rings (SSSR count). The molecule has 0 saturated heterocycles. The second-order valence-corrected chi connectivity index (χ2v) is 7.93. The number of aryl methyl sites for hydroxylation is 1. The van der Waals surface area contributed by atoms with Crippen molar-refractivity contribution in [2.24, 2.45) is 5.16 Å². The van der Waals surface area contributed by atoms with Crippen LogP contribution in [0.15, 0.2) is 65.8 Å². The van der Waals surface area contributed by atoms with Crippen LogP contribution >= 0.6 is 23.2 Å². The highest BCUT2D eigenvalue weighted by Gasteiger charge is 2.09. The number of carbonyl (C=O) groups excluding carboxylic acids is 1. The first-order valence-electron chi connectivity index (χ1n) is 10.3. The van der Waals surface area contributed by atoms with Crippen molar-refractivity contribution in [1.82, 2.24) is 0 Å². The van der Waals surface area contributed by atoms with Crippen LogP contribution in [-0.2, 0) is 16.2 Å². The number of halogens is 2. The second kappa shape index (κ2) is 12.1. The van der Waals surface area contributed by atoms with Crippen LogP contribution in [0.5, 0.6) is 11.5 Å². The molecule has 0 spiro atoms. The lowest BCUT2D eigenvalue weighted by Crippen LogP contribution is -2.16. The highest BCUT2D eigenvalue weighted by Crippen LogP contribution is 2.30. The number of nitrogens with one attached hydrogen (secondary N) is 1. The van der Waals surface area contributed by atoms with Gasteiger partial charge in [-0.2, -0.15) is 0 Å². The lowest BCUT2D eigenvalue weighted by Gasteiger charge is -2.13. The van der Waals surface area contributed by atoms with Gasteiger partial charge in [0.1, 0.15) is 6.61 Å². The summed E-state index contributed by atoms with van der Waals surface area (Å²) in [7, 11) is 0. The Hall–Kier alpha value is -3.22. The van der Waals surface area contributed by atoms with E-state index in [9.17, 15) is 4.79 Å². The molecule has 0 fully saturated rings. The highest BCUT2D eigenvalue weighted by molar-refractivity contribution is 6.35. The molecule has 8 heteroatoms. The third-order valence-corrected chi connectivity index (χ3v) is 5.06. The molecule has 1 amide bonds. The van der Waals surface area contributed by atoms with Crippen molar-refractivity contribution >= 4 is 41.0 Å². The molecule has 3 aromatic carbocycles. The first-order chi connectivity index (χ1) is 15.9. The van der Waals surface area contributed by atoms with Crippen molar-refractivity contribution < 1.29 is 19.1 Å². The molecule has 6 nitrogen and oxygen atoms in total. The Labute approximate surface area is 203 Å². The summed E-state index contributed by atoms with van der Waals surface area (Å²) in [6.07, 6.45) is 1.50. The van der Waals surface area contributed by atoms with Gasteiger partial charge in [0.15, 0.2) is 18.1 Å². The summed E-state index contributed by atoms with van der Waals surface area (Å²) in [6, 6.07) is 18.1. The Bertz CT molecular complexity index is 1120. The minimum atomic E-state index is -0.296. The van der Waals surface area contributed by atoms with Crippen LogP contribution in [0.1, 0.15) is 23.6 Å². The van der Waals surface area contributed by atoms with Crippen LogP contribution in [0.4, 0.5) is 5.69 Å². The summed E-state index contributed by atoms with van der Waals surface area (Å²) < 4.78 is 11.6. The SMILES string of the molecule is CCOc1cc(/C=N/OCC(=O)Nc2ccc(C)cc2)ccc1OCc1ccc(Cl)cc1Cl. The number of nitrogens with zero attached hydrogens (tertiary/aromatic N) is 1. The summed E-state index contributed by atoms with van der Waals surface area (Å²) in [6.45, 7) is 4.40. The van der Waals surface area contributed by atoms with E-state index in [1.165, 1.54) is 6.21 Å². The van der Waals surface area contributed by atoms with E-state index in [4.69, 9.17) is 37.5 Å². The molecule has 0 bridgehead atoms. The number of hydrogen-bond donors (Lipinski definition) is 1. The smallest absolute Gasteiger partial charge is 0.265 e. The quantitative estimate of drug-likeness (QED) is 0.270. The average molecular weight is 487 g/mol. The van der Waals surface area contributed by atoms with Crippen LogP contribution in [0, 0.1) is 6.92 Å². The fourth-order valence-electron chi connectivity index (χ4n) is 2.81. The molecule has 3 aromatic rings.